The number of Topliss-reactive ketones (excluding diaryl/α,β-unsaturated/α-hetero) is 10. The van der Waals surface area contributed by atoms with Crippen molar-refractivity contribution in [3.63, 3.8) is 0 Å². The number of carbonyl (C=O) groups excluding carboxylic acids is 10. The fourth-order valence-electron chi connectivity index (χ4n) is 21.3. The predicted octanol–water partition coefficient (Wildman–Crippen LogP) is 31.2. The normalized spacial score (nSPS) is 15.7. The van der Waals surface area contributed by atoms with Gasteiger partial charge < -0.3 is 0 Å². The number of hydrogen-bond acceptors (Lipinski definition) is 10. The zero-order valence-corrected chi connectivity index (χ0v) is 82.9. The van der Waals surface area contributed by atoms with Crippen LogP contribution in [0, 0.1) is 29.6 Å². The van der Waals surface area contributed by atoms with E-state index in [1.165, 1.54) is 53.1 Å². The number of hydrogen-bond donors (Lipinski definition) is 0. The standard InChI is InChI=1S/2C28H22O2.C26H21F3O2.C25H19F3O2.C24H19ClO2/c1-18(29)20-14-12-19(13-15-20)16-22-17-27-25(10-5-11-26(27)28(22)30)24-9-4-7-21-6-2-3-8-23(21)24;1-18(29)20-11-9-19(10-12-20)15-24-17-27-25(7-4-8-26(27)28(24)30)23-14-13-21-5-2-3-6-22(21)16-23;1-16(30)18-10-8-17(9-11-18)14-20-12-13-23-22(6-3-7-24(23)25(20)31)19-4-2-5-21(15-19)26(27,28)29;1-15(29)17-10-8-16(9-11-17)12-19-14-23-21(6-3-7-22(23)24(19)30)18-4-2-5-20(13-18)25(26,27)28;1-15(26)17-10-8-16(9-11-17)12-19-14-23-21(6-3-7-22(23)24(19)27)18-4-2-5-20(25)13-18/h2-15,22H,16-17H2,1H3;2-14,16,24H,15,17H2,1H3;2-11,15,20H,12-14H2,1H3;2-11,13,19H,12,14H2,1H3;2-11,13,19H,12,14H2,1H3. The maximum atomic E-state index is 13.2. The highest BCUT2D eigenvalue weighted by Gasteiger charge is 2.40. The van der Waals surface area contributed by atoms with Crippen molar-refractivity contribution in [2.75, 3.05) is 0 Å². The molecule has 5 unspecified atom stereocenters. The second-order valence-electron chi connectivity index (χ2n) is 38.9. The summed E-state index contributed by atoms with van der Waals surface area (Å²) in [5.74, 6) is 0.201. The van der Waals surface area contributed by atoms with Crippen molar-refractivity contribution in [3.8, 4) is 55.6 Å². The van der Waals surface area contributed by atoms with Crippen LogP contribution in [-0.4, -0.2) is 57.8 Å². The Labute approximate surface area is 860 Å². The van der Waals surface area contributed by atoms with Crippen molar-refractivity contribution in [3.05, 3.63) is 497 Å². The summed E-state index contributed by atoms with van der Waals surface area (Å²) in [7, 11) is 0. The Morgan fingerprint density at radius 2 is 0.507 bits per heavy atom. The lowest BCUT2D eigenvalue weighted by atomic mass is 9.77. The van der Waals surface area contributed by atoms with Gasteiger partial charge in [0.25, 0.3) is 0 Å². The summed E-state index contributed by atoms with van der Waals surface area (Å²) in [6, 6.07) is 114. The predicted molar refractivity (Wildman–Crippen MR) is 572 cm³/mol. The Morgan fingerprint density at radius 1 is 0.243 bits per heavy atom. The molecule has 0 bridgehead atoms. The number of ketones is 10. The van der Waals surface area contributed by atoms with Gasteiger partial charge in [-0.15, -0.1) is 0 Å². The summed E-state index contributed by atoms with van der Waals surface area (Å²) in [6.45, 7) is 7.71. The molecule has 0 spiro atoms. The van der Waals surface area contributed by atoms with Gasteiger partial charge in [0, 0.05) is 90.2 Å². The maximum Gasteiger partial charge on any atom is 0.416 e. The first-order valence-corrected chi connectivity index (χ1v) is 50.0. The Kier molecular flexibility index (Phi) is 30.3. The fraction of sp³-hybridized carbons (Fsp3) is 0.176. The first-order chi connectivity index (χ1) is 71.2. The van der Waals surface area contributed by atoms with Crippen LogP contribution in [0.5, 0.6) is 0 Å². The second-order valence-corrected chi connectivity index (χ2v) is 39.3. The molecule has 0 fully saturated rings. The molecule has 0 saturated carbocycles. The van der Waals surface area contributed by atoms with Gasteiger partial charge in [-0.25, -0.2) is 0 Å². The van der Waals surface area contributed by atoms with Crippen LogP contribution >= 0.6 is 11.6 Å². The van der Waals surface area contributed by atoms with E-state index >= 15 is 0 Å². The highest BCUT2D eigenvalue weighted by atomic mass is 35.5. The van der Waals surface area contributed by atoms with E-state index in [9.17, 15) is 74.3 Å². The first kappa shape index (κ1) is 102. The summed E-state index contributed by atoms with van der Waals surface area (Å²) in [6.07, 6.45) is -1.68. The van der Waals surface area contributed by atoms with Crippen LogP contribution in [-0.2, 0) is 76.6 Å². The Bertz CT molecular complexity index is 8060. The summed E-state index contributed by atoms with van der Waals surface area (Å²) < 4.78 is 78.8. The minimum absolute atomic E-state index is 0.00339. The number of halogens is 7. The molecule has 5 aliphatic carbocycles. The average Bonchev–Trinajstić information content (AvgIpc) is 1.43. The molecule has 148 heavy (non-hydrogen) atoms. The maximum absolute atomic E-state index is 13.2. The molecule has 5 aliphatic rings. The van der Waals surface area contributed by atoms with E-state index in [1.807, 2.05) is 158 Å². The topological polar surface area (TPSA) is 171 Å². The van der Waals surface area contributed by atoms with E-state index in [-0.39, 0.29) is 87.4 Å². The van der Waals surface area contributed by atoms with Crippen molar-refractivity contribution in [2.45, 2.75) is 118 Å². The van der Waals surface area contributed by atoms with E-state index in [0.717, 1.165) is 144 Å². The molecular formula is C131H103ClF6O10. The van der Waals surface area contributed by atoms with E-state index < -0.39 is 23.5 Å². The van der Waals surface area contributed by atoms with Gasteiger partial charge in [0.1, 0.15) is 0 Å². The van der Waals surface area contributed by atoms with Gasteiger partial charge in [0.15, 0.2) is 57.8 Å². The lowest BCUT2D eigenvalue weighted by Gasteiger charge is -2.26. The molecule has 0 heterocycles. The van der Waals surface area contributed by atoms with Crippen LogP contribution in [0.25, 0.3) is 77.2 Å². The van der Waals surface area contributed by atoms with Crippen LogP contribution in [0.1, 0.15) is 211 Å². The van der Waals surface area contributed by atoms with E-state index in [2.05, 4.69) is 103 Å². The molecule has 0 saturated heterocycles. The summed E-state index contributed by atoms with van der Waals surface area (Å²) in [4.78, 5) is 123. The van der Waals surface area contributed by atoms with Crippen molar-refractivity contribution in [1.29, 1.82) is 0 Å². The molecule has 0 radical (unpaired) electrons. The van der Waals surface area contributed by atoms with Gasteiger partial charge in [-0.3, -0.25) is 47.9 Å². The van der Waals surface area contributed by atoms with Crippen molar-refractivity contribution in [1.82, 2.24) is 0 Å². The fourth-order valence-corrected chi connectivity index (χ4v) is 21.5. The Hall–Kier alpha value is -16.2. The zero-order chi connectivity index (χ0) is 104. The molecule has 17 heteroatoms. The Morgan fingerprint density at radius 3 is 0.865 bits per heavy atom. The van der Waals surface area contributed by atoms with Crippen molar-refractivity contribution >= 4 is 91.0 Å². The minimum atomic E-state index is -4.42. The van der Waals surface area contributed by atoms with Crippen LogP contribution in [0.2, 0.25) is 5.02 Å². The summed E-state index contributed by atoms with van der Waals surface area (Å²) in [5, 5.41) is 5.54. The first-order valence-electron chi connectivity index (χ1n) is 49.6. The summed E-state index contributed by atoms with van der Waals surface area (Å²) >= 11 is 6.15. The molecule has 10 nitrogen and oxygen atoms in total. The van der Waals surface area contributed by atoms with Gasteiger partial charge in [-0.1, -0.05) is 339 Å². The third-order valence-corrected chi connectivity index (χ3v) is 29.3. The second kappa shape index (κ2) is 44.0. The SMILES string of the molecule is CC(=O)c1ccc(CC2CCc3c(cccc3-c3cccc(C(F)(F)F)c3)C2=O)cc1.CC(=O)c1ccc(CC2Cc3c(cccc3-c3ccc4ccccc4c3)C2=O)cc1.CC(=O)c1ccc(CC2Cc3c(cccc3-c3cccc(C(F)(F)F)c3)C2=O)cc1.CC(=O)c1ccc(CC2Cc3c(cccc3-c3cccc(Cl)c3)C2=O)cc1.CC(=O)c1ccc(CC2Cc3c(cccc3-c3cccc4ccccc34)C2=O)cc1. The lowest BCUT2D eigenvalue weighted by molar-refractivity contribution is -0.138. The van der Waals surface area contributed by atoms with Crippen molar-refractivity contribution < 1.29 is 74.3 Å². The van der Waals surface area contributed by atoms with Crippen LogP contribution in [0.4, 0.5) is 26.3 Å². The summed E-state index contributed by atoms with van der Waals surface area (Å²) in [5.41, 5.74) is 24.9. The number of alkyl halides is 6. The average molecular weight is 1990 g/mol. The van der Waals surface area contributed by atoms with E-state index in [1.54, 1.807) is 93.6 Å². The molecule has 0 N–H and O–H groups in total. The highest BCUT2D eigenvalue weighted by molar-refractivity contribution is 6.31. The van der Waals surface area contributed by atoms with Crippen LogP contribution < -0.4 is 0 Å². The number of carbonyl (C=O) groups is 10. The third kappa shape index (κ3) is 22.7. The molecule has 5 atom stereocenters. The van der Waals surface area contributed by atoms with Gasteiger partial charge >= 0.3 is 12.4 Å². The Balaban J connectivity index is 0.000000121. The lowest BCUT2D eigenvalue weighted by Crippen LogP contribution is -2.25. The highest BCUT2D eigenvalue weighted by Crippen LogP contribution is 2.46. The van der Waals surface area contributed by atoms with Gasteiger partial charge in [-0.05, 0) is 281 Å². The monoisotopic (exact) mass is 1980 g/mol. The van der Waals surface area contributed by atoms with Gasteiger partial charge in [-0.2, -0.15) is 26.3 Å². The minimum Gasteiger partial charge on any atom is -0.295 e. The smallest absolute Gasteiger partial charge is 0.295 e. The van der Waals surface area contributed by atoms with Crippen molar-refractivity contribution in [2.24, 2.45) is 29.6 Å². The number of benzene rings is 17. The van der Waals surface area contributed by atoms with Gasteiger partial charge in [0.05, 0.1) is 11.1 Å². The van der Waals surface area contributed by atoms with Gasteiger partial charge in [0.2, 0.25) is 0 Å². The molecule has 17 aromatic carbocycles. The number of rotatable bonds is 20. The van der Waals surface area contributed by atoms with E-state index in [0.29, 0.717) is 118 Å². The number of fused-ring (bicyclic) bond motifs is 7. The van der Waals surface area contributed by atoms with Crippen LogP contribution in [0.3, 0.4) is 0 Å². The zero-order valence-electron chi connectivity index (χ0n) is 82.1. The van der Waals surface area contributed by atoms with E-state index in [4.69, 9.17) is 11.6 Å². The molecule has 0 aliphatic heterocycles. The molecule has 0 aromatic heterocycles. The molecular weight excluding hydrogens is 1880 g/mol. The largest absolute Gasteiger partial charge is 0.416 e. The molecule has 0 amide bonds. The quantitative estimate of drug-likeness (QED) is 0.0528. The third-order valence-electron chi connectivity index (χ3n) is 29.1. The van der Waals surface area contributed by atoms with Crippen LogP contribution in [0.15, 0.2) is 370 Å². The molecule has 17 aromatic rings. The molecule has 736 valence electrons. The molecule has 22 rings (SSSR count).